The Hall–Kier alpha value is -1.30. The Morgan fingerprint density at radius 2 is 1.80 bits per heavy atom. The number of carboxylic acids is 1. The molecule has 1 aliphatic heterocycles. The van der Waals surface area contributed by atoms with Crippen LogP contribution >= 0.6 is 0 Å². The number of aliphatic carboxylic acids is 1. The van der Waals surface area contributed by atoms with E-state index in [4.69, 9.17) is 9.84 Å². The highest BCUT2D eigenvalue weighted by Gasteiger charge is 2.25. The van der Waals surface area contributed by atoms with E-state index in [0.29, 0.717) is 12.3 Å². The third kappa shape index (κ3) is 5.77. The molecule has 0 saturated carbocycles. The van der Waals surface area contributed by atoms with Crippen LogP contribution in [0.25, 0.3) is 0 Å². The van der Waals surface area contributed by atoms with E-state index in [0.717, 1.165) is 26.1 Å². The zero-order chi connectivity index (χ0) is 15.1. The van der Waals surface area contributed by atoms with Gasteiger partial charge in [0, 0.05) is 19.3 Å². The van der Waals surface area contributed by atoms with Gasteiger partial charge in [0.15, 0.2) is 0 Å². The van der Waals surface area contributed by atoms with Crippen LogP contribution in [0, 0.1) is 11.8 Å². The zero-order valence-electron chi connectivity index (χ0n) is 12.5. The fourth-order valence-corrected chi connectivity index (χ4v) is 2.43. The molecule has 0 aromatic carbocycles. The molecule has 2 amide bonds. The fraction of sp³-hybridized carbons (Fsp3) is 0.857. The number of rotatable bonds is 6. The van der Waals surface area contributed by atoms with Crippen molar-refractivity contribution < 1.29 is 19.4 Å². The number of amides is 2. The Morgan fingerprint density at radius 3 is 2.30 bits per heavy atom. The highest BCUT2D eigenvalue weighted by atomic mass is 16.5. The lowest BCUT2D eigenvalue weighted by Crippen LogP contribution is -2.50. The van der Waals surface area contributed by atoms with Gasteiger partial charge in [-0.2, -0.15) is 0 Å². The summed E-state index contributed by atoms with van der Waals surface area (Å²) in [6.45, 7) is 7.26. The predicted molar refractivity (Wildman–Crippen MR) is 75.6 cm³/mol. The van der Waals surface area contributed by atoms with Crippen LogP contribution < -0.4 is 10.6 Å². The van der Waals surface area contributed by atoms with Crippen molar-refractivity contribution in [2.75, 3.05) is 13.2 Å². The second-order valence-electron chi connectivity index (χ2n) is 5.88. The molecule has 0 radical (unpaired) electrons. The van der Waals surface area contributed by atoms with E-state index in [-0.39, 0.29) is 12.0 Å². The van der Waals surface area contributed by atoms with Gasteiger partial charge in [-0.3, -0.25) is 0 Å². The summed E-state index contributed by atoms with van der Waals surface area (Å²) in [4.78, 5) is 23.0. The van der Waals surface area contributed by atoms with Crippen molar-refractivity contribution >= 4 is 12.0 Å². The number of carbonyl (C=O) groups excluding carboxylic acids is 1. The topological polar surface area (TPSA) is 87.7 Å². The normalized spacial score (nSPS) is 19.4. The lowest BCUT2D eigenvalue weighted by molar-refractivity contribution is -0.139. The van der Waals surface area contributed by atoms with E-state index in [1.807, 2.05) is 20.8 Å². The summed E-state index contributed by atoms with van der Waals surface area (Å²) >= 11 is 0. The van der Waals surface area contributed by atoms with Crippen molar-refractivity contribution in [2.24, 2.45) is 11.8 Å². The summed E-state index contributed by atoms with van der Waals surface area (Å²) in [6.07, 6.45) is 2.28. The van der Waals surface area contributed by atoms with E-state index < -0.39 is 18.0 Å². The van der Waals surface area contributed by atoms with Gasteiger partial charge < -0.3 is 20.5 Å². The van der Waals surface area contributed by atoms with E-state index in [1.165, 1.54) is 0 Å². The van der Waals surface area contributed by atoms with Gasteiger partial charge in [-0.15, -0.1) is 0 Å². The molecule has 1 saturated heterocycles. The molecule has 0 aromatic heterocycles. The van der Waals surface area contributed by atoms with Gasteiger partial charge in [-0.25, -0.2) is 9.59 Å². The first kappa shape index (κ1) is 16.8. The Balaban J connectivity index is 2.41. The minimum Gasteiger partial charge on any atom is -0.480 e. The Labute approximate surface area is 120 Å². The second-order valence-corrected chi connectivity index (χ2v) is 5.88. The zero-order valence-corrected chi connectivity index (χ0v) is 12.5. The fourth-order valence-electron chi connectivity index (χ4n) is 2.43. The summed E-state index contributed by atoms with van der Waals surface area (Å²) in [5.41, 5.74) is 0. The molecule has 1 heterocycles. The monoisotopic (exact) mass is 286 g/mol. The van der Waals surface area contributed by atoms with Gasteiger partial charge in [0.1, 0.15) is 6.04 Å². The molecule has 0 spiro atoms. The largest absolute Gasteiger partial charge is 0.480 e. The predicted octanol–water partition coefficient (Wildman–Crippen LogP) is 1.60. The maximum atomic E-state index is 11.9. The van der Waals surface area contributed by atoms with Crippen LogP contribution in [0.15, 0.2) is 0 Å². The molecular formula is C14H26N2O4. The molecular weight excluding hydrogens is 260 g/mol. The summed E-state index contributed by atoms with van der Waals surface area (Å²) in [5, 5.41) is 14.5. The Morgan fingerprint density at radius 1 is 1.20 bits per heavy atom. The van der Waals surface area contributed by atoms with Crippen molar-refractivity contribution in [3.8, 4) is 0 Å². The van der Waals surface area contributed by atoms with Crippen LogP contribution in [0.3, 0.4) is 0 Å². The van der Waals surface area contributed by atoms with Crippen LogP contribution in [0.2, 0.25) is 0 Å². The van der Waals surface area contributed by atoms with Crippen LogP contribution in [-0.4, -0.2) is 42.4 Å². The summed E-state index contributed by atoms with van der Waals surface area (Å²) < 4.78 is 5.29. The highest BCUT2D eigenvalue weighted by molar-refractivity contribution is 5.82. The molecule has 1 fully saturated rings. The number of urea groups is 1. The lowest BCUT2D eigenvalue weighted by Gasteiger charge is -2.29. The van der Waals surface area contributed by atoms with Gasteiger partial charge in [0.05, 0.1) is 0 Å². The van der Waals surface area contributed by atoms with E-state index >= 15 is 0 Å². The van der Waals surface area contributed by atoms with Gasteiger partial charge in [-0.1, -0.05) is 13.8 Å². The molecule has 0 aliphatic carbocycles. The number of ether oxygens (including phenoxy) is 1. The molecule has 0 bridgehead atoms. The molecule has 0 aromatic rings. The number of nitrogens with one attached hydrogen (secondary N) is 2. The van der Waals surface area contributed by atoms with Crippen molar-refractivity contribution in [1.82, 2.24) is 10.6 Å². The third-order valence-corrected chi connectivity index (χ3v) is 3.64. The average molecular weight is 286 g/mol. The number of hydrogen-bond donors (Lipinski definition) is 3. The Kier molecular flexibility index (Phi) is 6.78. The first-order chi connectivity index (χ1) is 9.40. The second kappa shape index (κ2) is 8.09. The maximum absolute atomic E-state index is 11.9. The van der Waals surface area contributed by atoms with Gasteiger partial charge in [0.2, 0.25) is 0 Å². The Bertz CT molecular complexity index is 327. The van der Waals surface area contributed by atoms with E-state index in [9.17, 15) is 9.59 Å². The third-order valence-electron chi connectivity index (χ3n) is 3.64. The van der Waals surface area contributed by atoms with Crippen molar-refractivity contribution in [1.29, 1.82) is 0 Å². The minimum absolute atomic E-state index is 0.0207. The lowest BCUT2D eigenvalue weighted by atomic mass is 9.93. The van der Waals surface area contributed by atoms with E-state index in [1.54, 1.807) is 0 Å². The number of carboxylic acid groups (broad SMARTS) is 1. The van der Waals surface area contributed by atoms with Crippen LogP contribution in [-0.2, 0) is 9.53 Å². The van der Waals surface area contributed by atoms with Crippen LogP contribution in [0.5, 0.6) is 0 Å². The average Bonchev–Trinajstić information content (AvgIpc) is 2.38. The molecule has 2 unspecified atom stereocenters. The van der Waals surface area contributed by atoms with Gasteiger partial charge in [-0.05, 0) is 38.0 Å². The summed E-state index contributed by atoms with van der Waals surface area (Å²) in [5.74, 6) is -0.389. The standard InChI is InChI=1S/C14H26N2O4/c1-9(2)8-12(13(17)18)16-14(19)15-10(3)11-4-6-20-7-5-11/h9-12H,4-8H2,1-3H3,(H,17,18)(H2,15,16,19). The molecule has 20 heavy (non-hydrogen) atoms. The molecule has 6 heteroatoms. The van der Waals surface area contributed by atoms with Gasteiger partial charge >= 0.3 is 12.0 Å². The molecule has 116 valence electrons. The smallest absolute Gasteiger partial charge is 0.326 e. The minimum atomic E-state index is -0.993. The molecule has 1 aliphatic rings. The molecule has 3 N–H and O–H groups in total. The highest BCUT2D eigenvalue weighted by Crippen LogP contribution is 2.18. The quantitative estimate of drug-likeness (QED) is 0.692. The number of hydrogen-bond acceptors (Lipinski definition) is 3. The number of carbonyl (C=O) groups is 2. The summed E-state index contributed by atoms with van der Waals surface area (Å²) in [6, 6.07) is -1.22. The molecule has 6 nitrogen and oxygen atoms in total. The SMILES string of the molecule is CC(C)CC(NC(=O)NC(C)C1CCOCC1)C(=O)O. The van der Waals surface area contributed by atoms with Crippen molar-refractivity contribution in [2.45, 2.75) is 52.1 Å². The van der Waals surface area contributed by atoms with E-state index in [2.05, 4.69) is 10.6 Å². The first-order valence-electron chi connectivity index (χ1n) is 7.27. The van der Waals surface area contributed by atoms with Crippen LogP contribution in [0.4, 0.5) is 4.79 Å². The van der Waals surface area contributed by atoms with Gasteiger partial charge in [0.25, 0.3) is 0 Å². The van der Waals surface area contributed by atoms with Crippen molar-refractivity contribution in [3.05, 3.63) is 0 Å². The van der Waals surface area contributed by atoms with Crippen molar-refractivity contribution in [3.63, 3.8) is 0 Å². The first-order valence-corrected chi connectivity index (χ1v) is 7.27. The maximum Gasteiger partial charge on any atom is 0.326 e. The summed E-state index contributed by atoms with van der Waals surface area (Å²) in [7, 11) is 0. The van der Waals surface area contributed by atoms with Crippen LogP contribution in [0.1, 0.15) is 40.0 Å². The molecule has 2 atom stereocenters. The molecule has 1 rings (SSSR count).